The zero-order chi connectivity index (χ0) is 13.6. The van der Waals surface area contributed by atoms with Crippen LogP contribution in [0.5, 0.6) is 0 Å². The number of rotatable bonds is 2. The number of aromatic amines is 1. The number of hydrogen-bond acceptors (Lipinski definition) is 2. The van der Waals surface area contributed by atoms with Crippen LogP contribution in [0.2, 0.25) is 0 Å². The number of aryl methyl sites for hydroxylation is 2. The molecule has 5 heteroatoms. The minimum absolute atomic E-state index is 0.251. The Balaban J connectivity index is 2.10. The summed E-state index contributed by atoms with van der Waals surface area (Å²) in [5.74, 6) is -0.251. The van der Waals surface area contributed by atoms with E-state index in [9.17, 15) is 4.39 Å². The van der Waals surface area contributed by atoms with Gasteiger partial charge in [-0.2, -0.15) is 0 Å². The van der Waals surface area contributed by atoms with Crippen LogP contribution in [-0.4, -0.2) is 9.55 Å². The van der Waals surface area contributed by atoms with Crippen molar-refractivity contribution in [2.45, 2.75) is 20.4 Å². The fourth-order valence-electron chi connectivity index (χ4n) is 2.18. The topological polar surface area (TPSA) is 20.7 Å². The van der Waals surface area contributed by atoms with E-state index in [1.165, 1.54) is 27.5 Å². The molecule has 0 fully saturated rings. The molecule has 2 nitrogen and oxygen atoms in total. The molecule has 3 rings (SSSR count). The van der Waals surface area contributed by atoms with Crippen LogP contribution in [0.1, 0.15) is 15.3 Å². The predicted octanol–water partition coefficient (Wildman–Crippen LogP) is 4.56. The molecule has 2 aromatic heterocycles. The number of aromatic nitrogens is 2. The minimum Gasteiger partial charge on any atom is -0.330 e. The van der Waals surface area contributed by atoms with Gasteiger partial charge in [0.1, 0.15) is 5.82 Å². The summed E-state index contributed by atoms with van der Waals surface area (Å²) < 4.78 is 15.8. The molecule has 0 aliphatic carbocycles. The number of thiophene rings is 1. The quantitative estimate of drug-likeness (QED) is 0.686. The van der Waals surface area contributed by atoms with Crippen molar-refractivity contribution in [1.29, 1.82) is 0 Å². The molecule has 98 valence electrons. The van der Waals surface area contributed by atoms with Gasteiger partial charge in [-0.3, -0.25) is 0 Å². The Hall–Kier alpha value is -1.46. The van der Waals surface area contributed by atoms with E-state index in [4.69, 9.17) is 12.2 Å². The van der Waals surface area contributed by atoms with E-state index in [1.807, 2.05) is 4.57 Å². The highest BCUT2D eigenvalue weighted by molar-refractivity contribution is 7.71. The maximum absolute atomic E-state index is 13.2. The average molecular weight is 292 g/mol. The Morgan fingerprint density at radius 1 is 1.32 bits per heavy atom. The summed E-state index contributed by atoms with van der Waals surface area (Å²) in [7, 11) is 0. The van der Waals surface area contributed by atoms with Crippen molar-refractivity contribution < 1.29 is 4.39 Å². The summed E-state index contributed by atoms with van der Waals surface area (Å²) in [5.41, 5.74) is 2.99. The average Bonchev–Trinajstić information content (AvgIpc) is 2.81. The minimum atomic E-state index is -0.251. The first-order chi connectivity index (χ1) is 9.04. The Morgan fingerprint density at radius 2 is 2.11 bits per heavy atom. The Labute approximate surface area is 119 Å². The molecule has 3 aromatic rings. The van der Waals surface area contributed by atoms with Gasteiger partial charge in [-0.15, -0.1) is 11.3 Å². The number of halogens is 1. The highest BCUT2D eigenvalue weighted by atomic mass is 32.1. The molecule has 0 aliphatic rings. The number of fused-ring (bicyclic) bond motifs is 1. The molecule has 1 N–H and O–H groups in total. The maximum atomic E-state index is 13.2. The van der Waals surface area contributed by atoms with Gasteiger partial charge in [0.2, 0.25) is 0 Å². The molecular formula is C14H13FN2S2. The molecule has 0 saturated carbocycles. The number of imidazole rings is 1. The molecule has 19 heavy (non-hydrogen) atoms. The summed E-state index contributed by atoms with van der Waals surface area (Å²) in [6, 6.07) is 6.90. The second-order valence-electron chi connectivity index (χ2n) is 4.63. The molecular weight excluding hydrogens is 279 g/mol. The lowest BCUT2D eigenvalue weighted by Gasteiger charge is -2.02. The third kappa shape index (κ3) is 2.24. The fourth-order valence-corrected chi connectivity index (χ4v) is 3.49. The molecule has 1 aromatic carbocycles. The van der Waals surface area contributed by atoms with E-state index in [-0.39, 0.29) is 5.82 Å². The molecule has 0 aliphatic heterocycles. The molecule has 0 amide bonds. The smallest absolute Gasteiger partial charge is 0.178 e. The number of hydrogen-bond donors (Lipinski definition) is 1. The molecule has 0 saturated heterocycles. The fraction of sp³-hybridized carbons (Fsp3) is 0.214. The monoisotopic (exact) mass is 292 g/mol. The van der Waals surface area contributed by atoms with Crippen LogP contribution in [0.3, 0.4) is 0 Å². The first-order valence-electron chi connectivity index (χ1n) is 5.98. The summed E-state index contributed by atoms with van der Waals surface area (Å²) in [6.45, 7) is 4.95. The number of H-pyrrole nitrogens is 1. The molecule has 0 atom stereocenters. The highest BCUT2D eigenvalue weighted by Crippen LogP contribution is 2.23. The third-order valence-corrected chi connectivity index (χ3v) is 4.73. The van der Waals surface area contributed by atoms with Gasteiger partial charge in [0.05, 0.1) is 17.6 Å². The summed E-state index contributed by atoms with van der Waals surface area (Å²) >= 11 is 7.10. The van der Waals surface area contributed by atoms with E-state index in [1.54, 1.807) is 17.4 Å². The summed E-state index contributed by atoms with van der Waals surface area (Å²) in [6.07, 6.45) is 0. The van der Waals surface area contributed by atoms with Crippen molar-refractivity contribution in [3.8, 4) is 0 Å². The molecule has 0 radical (unpaired) electrons. The van der Waals surface area contributed by atoms with Crippen molar-refractivity contribution in [2.75, 3.05) is 0 Å². The highest BCUT2D eigenvalue weighted by Gasteiger charge is 2.08. The largest absolute Gasteiger partial charge is 0.330 e. The standard InChI is InChI=1S/C14H13FN2S2/c1-8-5-11(19-9(8)2)7-17-13-4-3-10(15)6-12(13)16-14(17)18/h3-6H,7H2,1-2H3,(H,16,18). The normalized spacial score (nSPS) is 11.3. The van der Waals surface area contributed by atoms with E-state index in [0.29, 0.717) is 4.77 Å². The second-order valence-corrected chi connectivity index (χ2v) is 6.36. The van der Waals surface area contributed by atoms with E-state index < -0.39 is 0 Å². The summed E-state index contributed by atoms with van der Waals surface area (Å²) in [5, 5.41) is 0. The van der Waals surface area contributed by atoms with Gasteiger partial charge in [0.15, 0.2) is 4.77 Å². The third-order valence-electron chi connectivity index (χ3n) is 3.27. The van der Waals surface area contributed by atoms with Gasteiger partial charge < -0.3 is 9.55 Å². The van der Waals surface area contributed by atoms with Crippen LogP contribution in [0.4, 0.5) is 4.39 Å². The van der Waals surface area contributed by atoms with Gasteiger partial charge in [-0.1, -0.05) is 0 Å². The van der Waals surface area contributed by atoms with Crippen LogP contribution in [-0.2, 0) is 6.54 Å². The predicted molar refractivity (Wildman–Crippen MR) is 80.0 cm³/mol. The van der Waals surface area contributed by atoms with Gasteiger partial charge in [0.25, 0.3) is 0 Å². The Kier molecular flexibility index (Phi) is 3.03. The molecule has 2 heterocycles. The van der Waals surface area contributed by atoms with Gasteiger partial charge in [0, 0.05) is 9.75 Å². The van der Waals surface area contributed by atoms with Crippen molar-refractivity contribution in [3.05, 3.63) is 50.2 Å². The summed E-state index contributed by atoms with van der Waals surface area (Å²) in [4.78, 5) is 5.64. The molecule has 0 unspecified atom stereocenters. The molecule has 0 spiro atoms. The second kappa shape index (κ2) is 4.58. The van der Waals surface area contributed by atoms with Crippen molar-refractivity contribution in [3.63, 3.8) is 0 Å². The first-order valence-corrected chi connectivity index (χ1v) is 7.21. The molecule has 0 bridgehead atoms. The zero-order valence-electron chi connectivity index (χ0n) is 10.7. The van der Waals surface area contributed by atoms with Crippen molar-refractivity contribution in [1.82, 2.24) is 9.55 Å². The van der Waals surface area contributed by atoms with Gasteiger partial charge in [-0.05, 0) is 55.9 Å². The lowest BCUT2D eigenvalue weighted by Crippen LogP contribution is -1.97. The van der Waals surface area contributed by atoms with Crippen molar-refractivity contribution >= 4 is 34.6 Å². The Morgan fingerprint density at radius 3 is 2.79 bits per heavy atom. The lowest BCUT2D eigenvalue weighted by molar-refractivity contribution is 0.629. The van der Waals surface area contributed by atoms with Crippen LogP contribution in [0.15, 0.2) is 24.3 Å². The van der Waals surface area contributed by atoms with E-state index in [0.717, 1.165) is 17.6 Å². The Bertz CT molecular complexity index is 791. The van der Waals surface area contributed by atoms with Crippen LogP contribution in [0, 0.1) is 24.4 Å². The maximum Gasteiger partial charge on any atom is 0.178 e. The van der Waals surface area contributed by atoms with Gasteiger partial charge in [-0.25, -0.2) is 4.39 Å². The first kappa shape index (κ1) is 12.6. The number of benzene rings is 1. The van der Waals surface area contributed by atoms with Crippen molar-refractivity contribution in [2.24, 2.45) is 0 Å². The van der Waals surface area contributed by atoms with E-state index >= 15 is 0 Å². The van der Waals surface area contributed by atoms with Crippen LogP contribution < -0.4 is 0 Å². The van der Waals surface area contributed by atoms with E-state index in [2.05, 4.69) is 24.9 Å². The lowest BCUT2D eigenvalue weighted by atomic mass is 10.3. The number of nitrogens with zero attached hydrogens (tertiary/aromatic N) is 1. The van der Waals surface area contributed by atoms with Crippen LogP contribution >= 0.6 is 23.6 Å². The zero-order valence-corrected chi connectivity index (χ0v) is 12.3. The SMILES string of the molecule is Cc1cc(Cn2c(=S)[nH]c3cc(F)ccc32)sc1C. The van der Waals surface area contributed by atoms with Gasteiger partial charge >= 0.3 is 0 Å². The number of nitrogens with one attached hydrogen (secondary N) is 1. The van der Waals surface area contributed by atoms with Crippen LogP contribution in [0.25, 0.3) is 11.0 Å².